The third-order valence-electron chi connectivity index (χ3n) is 2.50. The first-order valence-corrected chi connectivity index (χ1v) is 8.82. The zero-order chi connectivity index (χ0) is 15.4. The van der Waals surface area contributed by atoms with Gasteiger partial charge in [0.1, 0.15) is 0 Å². The summed E-state index contributed by atoms with van der Waals surface area (Å²) in [7, 11) is -3.60. The molecular formula is C15H29O4P. The highest BCUT2D eigenvalue weighted by atomic mass is 31.2. The maximum Gasteiger partial charge on any atom is 0.476 e. The van der Waals surface area contributed by atoms with Crippen LogP contribution in [0.4, 0.5) is 0 Å². The Morgan fingerprint density at radius 2 is 1.55 bits per heavy atom. The second-order valence-electron chi connectivity index (χ2n) is 7.21. The van der Waals surface area contributed by atoms with Crippen LogP contribution in [0.15, 0.2) is 12.2 Å². The molecule has 20 heavy (non-hydrogen) atoms. The number of allylic oxidation sites excluding steroid dienone is 1. The van der Waals surface area contributed by atoms with Gasteiger partial charge >= 0.3 is 7.82 Å². The molecule has 0 bridgehead atoms. The van der Waals surface area contributed by atoms with E-state index in [1.54, 1.807) is 0 Å². The Kier molecular flexibility index (Phi) is 6.03. The summed E-state index contributed by atoms with van der Waals surface area (Å²) < 4.78 is 29.9. The van der Waals surface area contributed by atoms with Crippen LogP contribution in [0.3, 0.4) is 0 Å². The highest BCUT2D eigenvalue weighted by molar-refractivity contribution is 7.48. The van der Waals surface area contributed by atoms with Crippen LogP contribution in [0, 0.1) is 0 Å². The maximum absolute atomic E-state index is 12.9. The van der Waals surface area contributed by atoms with Crippen molar-refractivity contribution in [2.45, 2.75) is 84.5 Å². The normalized spacial score (nSPS) is 21.8. The Bertz CT molecular complexity index is 356. The van der Waals surface area contributed by atoms with Gasteiger partial charge < -0.3 is 0 Å². The predicted molar refractivity (Wildman–Crippen MR) is 81.8 cm³/mol. The lowest BCUT2D eigenvalue weighted by molar-refractivity contribution is -0.00547. The topological polar surface area (TPSA) is 44.8 Å². The Morgan fingerprint density at radius 3 is 2.05 bits per heavy atom. The molecule has 0 saturated heterocycles. The van der Waals surface area contributed by atoms with Gasteiger partial charge in [-0.2, -0.15) is 0 Å². The van der Waals surface area contributed by atoms with E-state index in [1.165, 1.54) is 0 Å². The molecule has 1 atom stereocenters. The summed E-state index contributed by atoms with van der Waals surface area (Å²) in [4.78, 5) is 0. The van der Waals surface area contributed by atoms with Gasteiger partial charge in [-0.15, -0.1) is 0 Å². The average Bonchev–Trinajstić information content (AvgIpc) is 2.38. The van der Waals surface area contributed by atoms with Crippen molar-refractivity contribution >= 4 is 7.82 Å². The highest BCUT2D eigenvalue weighted by Crippen LogP contribution is 2.56. The third kappa shape index (κ3) is 7.58. The van der Waals surface area contributed by atoms with Crippen molar-refractivity contribution in [1.82, 2.24) is 0 Å². The van der Waals surface area contributed by atoms with E-state index in [9.17, 15) is 4.57 Å². The van der Waals surface area contributed by atoms with Crippen LogP contribution < -0.4 is 0 Å². The van der Waals surface area contributed by atoms with E-state index in [-0.39, 0.29) is 6.10 Å². The lowest BCUT2D eigenvalue weighted by atomic mass is 10.2. The van der Waals surface area contributed by atoms with E-state index in [0.29, 0.717) is 0 Å². The summed E-state index contributed by atoms with van der Waals surface area (Å²) in [5, 5.41) is 0. The predicted octanol–water partition coefficient (Wildman–Crippen LogP) is 5.24. The van der Waals surface area contributed by atoms with Crippen LogP contribution >= 0.6 is 7.82 Å². The van der Waals surface area contributed by atoms with Crippen molar-refractivity contribution in [3.63, 3.8) is 0 Å². The summed E-state index contributed by atoms with van der Waals surface area (Å²) in [6, 6.07) is 0. The minimum absolute atomic E-state index is 0.201. The Hall–Kier alpha value is -0.150. The molecule has 1 unspecified atom stereocenters. The van der Waals surface area contributed by atoms with Crippen molar-refractivity contribution in [3.8, 4) is 0 Å². The van der Waals surface area contributed by atoms with Crippen LogP contribution in [0.5, 0.6) is 0 Å². The molecule has 118 valence electrons. The average molecular weight is 304 g/mol. The largest absolute Gasteiger partial charge is 0.476 e. The van der Waals surface area contributed by atoms with Gasteiger partial charge in [-0.1, -0.05) is 18.6 Å². The molecule has 0 aromatic carbocycles. The monoisotopic (exact) mass is 304 g/mol. The minimum Gasteiger partial charge on any atom is -0.281 e. The van der Waals surface area contributed by atoms with Crippen molar-refractivity contribution in [2.24, 2.45) is 0 Å². The Balaban J connectivity index is 2.83. The van der Waals surface area contributed by atoms with Gasteiger partial charge in [0.15, 0.2) is 0 Å². The number of hydrogen-bond donors (Lipinski definition) is 0. The lowest BCUT2D eigenvalue weighted by Crippen LogP contribution is -2.26. The van der Waals surface area contributed by atoms with E-state index in [0.717, 1.165) is 25.7 Å². The highest BCUT2D eigenvalue weighted by Gasteiger charge is 2.38. The van der Waals surface area contributed by atoms with E-state index in [4.69, 9.17) is 13.6 Å². The zero-order valence-corrected chi connectivity index (χ0v) is 14.5. The smallest absolute Gasteiger partial charge is 0.281 e. The first-order valence-electron chi connectivity index (χ1n) is 7.36. The van der Waals surface area contributed by atoms with E-state index in [1.807, 2.05) is 47.6 Å². The fourth-order valence-corrected chi connectivity index (χ4v) is 3.91. The molecule has 0 spiro atoms. The molecule has 1 aliphatic rings. The molecule has 0 aliphatic heterocycles. The summed E-state index contributed by atoms with van der Waals surface area (Å²) in [5.74, 6) is 0. The number of hydrogen-bond acceptors (Lipinski definition) is 4. The fourth-order valence-electron chi connectivity index (χ4n) is 1.94. The van der Waals surface area contributed by atoms with E-state index in [2.05, 4.69) is 6.08 Å². The van der Waals surface area contributed by atoms with Gasteiger partial charge in [0, 0.05) is 0 Å². The van der Waals surface area contributed by atoms with Crippen LogP contribution in [-0.2, 0) is 18.1 Å². The van der Waals surface area contributed by atoms with E-state index < -0.39 is 19.0 Å². The van der Waals surface area contributed by atoms with Crippen molar-refractivity contribution in [3.05, 3.63) is 12.2 Å². The summed E-state index contributed by atoms with van der Waals surface area (Å²) in [5.41, 5.74) is -1.18. The first-order chi connectivity index (χ1) is 8.99. The number of phosphoric acid groups is 1. The minimum atomic E-state index is -3.60. The second-order valence-corrected chi connectivity index (χ2v) is 8.68. The fraction of sp³-hybridized carbons (Fsp3) is 0.867. The molecule has 1 rings (SSSR count). The van der Waals surface area contributed by atoms with Gasteiger partial charge in [-0.3, -0.25) is 13.6 Å². The zero-order valence-electron chi connectivity index (χ0n) is 13.6. The molecule has 0 aromatic rings. The van der Waals surface area contributed by atoms with Crippen LogP contribution in [0.25, 0.3) is 0 Å². The standard InChI is InChI=1S/C15H29O4P/c1-14(2,3)18-20(16,19-15(4,5)6)17-13-11-9-7-8-10-12-13/h9,11,13H,7-8,10,12H2,1-6H3. The van der Waals surface area contributed by atoms with Crippen molar-refractivity contribution in [2.75, 3.05) is 0 Å². The van der Waals surface area contributed by atoms with Gasteiger partial charge in [0.05, 0.1) is 17.3 Å². The molecule has 0 amide bonds. The maximum atomic E-state index is 12.9. The Morgan fingerprint density at radius 1 is 1.00 bits per heavy atom. The van der Waals surface area contributed by atoms with Gasteiger partial charge in [0.2, 0.25) is 0 Å². The van der Waals surface area contributed by atoms with Crippen molar-refractivity contribution < 1.29 is 18.1 Å². The molecule has 4 nitrogen and oxygen atoms in total. The van der Waals surface area contributed by atoms with Gasteiger partial charge in [-0.05, 0) is 60.8 Å². The quantitative estimate of drug-likeness (QED) is 0.526. The molecule has 0 N–H and O–H groups in total. The summed E-state index contributed by atoms with van der Waals surface area (Å²) in [6.45, 7) is 11.1. The van der Waals surface area contributed by atoms with Crippen molar-refractivity contribution in [1.29, 1.82) is 0 Å². The number of phosphoric ester groups is 1. The molecular weight excluding hydrogens is 275 g/mol. The molecule has 0 radical (unpaired) electrons. The van der Waals surface area contributed by atoms with E-state index >= 15 is 0 Å². The van der Waals surface area contributed by atoms with Crippen LogP contribution in [-0.4, -0.2) is 17.3 Å². The molecule has 0 fully saturated rings. The summed E-state index contributed by atoms with van der Waals surface area (Å²) in [6.07, 6.45) is 7.94. The molecule has 0 heterocycles. The first kappa shape index (κ1) is 17.9. The number of rotatable bonds is 4. The molecule has 0 aromatic heterocycles. The molecule has 0 saturated carbocycles. The van der Waals surface area contributed by atoms with Crippen LogP contribution in [0.1, 0.15) is 67.2 Å². The second kappa shape index (κ2) is 6.74. The van der Waals surface area contributed by atoms with Crippen LogP contribution in [0.2, 0.25) is 0 Å². The lowest BCUT2D eigenvalue weighted by Gasteiger charge is -2.32. The molecule has 1 aliphatic carbocycles. The van der Waals surface area contributed by atoms with Gasteiger partial charge in [0.25, 0.3) is 0 Å². The molecule has 5 heteroatoms. The van der Waals surface area contributed by atoms with Gasteiger partial charge in [-0.25, -0.2) is 4.57 Å². The SMILES string of the molecule is CC(C)(C)OP(=O)(OC1C=CCCCC1)OC(C)(C)C. The summed E-state index contributed by atoms with van der Waals surface area (Å²) >= 11 is 0. The third-order valence-corrected chi connectivity index (χ3v) is 4.57. The Labute approximate surface area is 123 Å².